The molecule has 3 aliphatic heterocycles. The third-order valence-electron chi connectivity index (χ3n) is 7.96. The Morgan fingerprint density at radius 1 is 1.06 bits per heavy atom. The molecule has 36 heavy (non-hydrogen) atoms. The normalized spacial score (nSPS) is 30.6. The largest absolute Gasteiger partial charge is 0.359 e. The Morgan fingerprint density at radius 2 is 1.78 bits per heavy atom. The highest BCUT2D eigenvalue weighted by Gasteiger charge is 2.73. The lowest BCUT2D eigenvalue weighted by Crippen LogP contribution is -2.56. The van der Waals surface area contributed by atoms with Crippen LogP contribution >= 0.6 is 0 Å². The number of benzene rings is 2. The predicted octanol–water partition coefficient (Wildman–Crippen LogP) is 3.49. The van der Waals surface area contributed by atoms with Crippen LogP contribution in [0.1, 0.15) is 31.2 Å². The summed E-state index contributed by atoms with van der Waals surface area (Å²) in [5, 5.41) is 5.97. The van der Waals surface area contributed by atoms with Crippen LogP contribution in [0.3, 0.4) is 0 Å². The molecule has 3 amide bonds. The van der Waals surface area contributed by atoms with E-state index in [4.69, 9.17) is 4.74 Å². The van der Waals surface area contributed by atoms with Crippen LogP contribution in [0.15, 0.2) is 60.7 Å². The zero-order chi connectivity index (χ0) is 25.0. The Kier molecular flexibility index (Phi) is 5.44. The molecule has 3 fully saturated rings. The topological polar surface area (TPSA) is 87.7 Å². The molecule has 1 aliphatic carbocycles. The van der Waals surface area contributed by atoms with Gasteiger partial charge >= 0.3 is 0 Å². The highest BCUT2D eigenvalue weighted by Crippen LogP contribution is 2.56. The van der Waals surface area contributed by atoms with Crippen molar-refractivity contribution in [2.75, 3.05) is 10.2 Å². The molecular formula is C28H28FN3O4. The van der Waals surface area contributed by atoms with Gasteiger partial charge in [-0.1, -0.05) is 54.8 Å². The van der Waals surface area contributed by atoms with E-state index in [1.165, 1.54) is 23.1 Å². The molecule has 0 aromatic heterocycles. The molecule has 2 bridgehead atoms. The number of rotatable bonds is 5. The Morgan fingerprint density at radius 3 is 2.50 bits per heavy atom. The average molecular weight is 490 g/mol. The monoisotopic (exact) mass is 489 g/mol. The lowest BCUT2D eigenvalue weighted by molar-refractivity contribution is -0.129. The fraction of sp³-hybridized carbons (Fsp3) is 0.393. The Labute approximate surface area is 208 Å². The number of carbonyl (C=O) groups excluding carboxylic acids is 3. The minimum atomic E-state index is -1.35. The van der Waals surface area contributed by atoms with Gasteiger partial charge in [-0.05, 0) is 44.0 Å². The van der Waals surface area contributed by atoms with Crippen molar-refractivity contribution < 1.29 is 23.5 Å². The van der Waals surface area contributed by atoms with Crippen molar-refractivity contribution in [2.24, 2.45) is 11.8 Å². The van der Waals surface area contributed by atoms with Gasteiger partial charge < -0.3 is 15.4 Å². The molecule has 3 heterocycles. The summed E-state index contributed by atoms with van der Waals surface area (Å²) in [5.74, 6) is -3.63. The number of aryl methyl sites for hydroxylation is 1. The van der Waals surface area contributed by atoms with Gasteiger partial charge in [-0.25, -0.2) is 4.39 Å². The van der Waals surface area contributed by atoms with Crippen LogP contribution < -0.4 is 15.5 Å². The summed E-state index contributed by atoms with van der Waals surface area (Å²) in [4.78, 5) is 42.4. The number of ether oxygens (including phenoxy) is 1. The Bertz CT molecular complexity index is 1260. The van der Waals surface area contributed by atoms with Crippen molar-refractivity contribution in [2.45, 2.75) is 56.4 Å². The van der Waals surface area contributed by atoms with Crippen LogP contribution in [-0.4, -0.2) is 41.5 Å². The first-order chi connectivity index (χ1) is 17.4. The van der Waals surface area contributed by atoms with E-state index in [9.17, 15) is 18.8 Å². The molecule has 8 heteroatoms. The molecule has 1 saturated carbocycles. The summed E-state index contributed by atoms with van der Waals surface area (Å²) in [6.45, 7) is 1.95. The third-order valence-corrected chi connectivity index (χ3v) is 7.96. The van der Waals surface area contributed by atoms with Crippen LogP contribution in [0.25, 0.3) is 0 Å². The molecule has 0 radical (unpaired) electrons. The lowest BCUT2D eigenvalue weighted by Gasteiger charge is -2.33. The number of carbonyl (C=O) groups is 3. The standard InChI is InChI=1S/C28H28FN3O4/c1-16-10-12-18(13-11-16)30-25(33)22-21-14-15-28(36-21)23(22)27(35)32(20-9-5-4-8-19(20)29)24(28)26(34)31-17-6-2-3-7-17/h4-5,8-15,17,21-24H,2-3,6-7H2,1H3,(H,30,33)(H,31,34)/t21-,22+,23+,24-,28+/m1/s1. The molecule has 2 N–H and O–H groups in total. The van der Waals surface area contributed by atoms with Crippen LogP contribution in [0.2, 0.25) is 0 Å². The number of anilines is 2. The summed E-state index contributed by atoms with van der Waals surface area (Å²) in [5.41, 5.74) is 0.331. The van der Waals surface area contributed by atoms with E-state index in [2.05, 4.69) is 10.6 Å². The first-order valence-electron chi connectivity index (χ1n) is 12.5. The molecule has 2 aromatic carbocycles. The first kappa shape index (κ1) is 22.9. The smallest absolute Gasteiger partial charge is 0.246 e. The third kappa shape index (κ3) is 3.46. The Hall–Kier alpha value is -3.52. The van der Waals surface area contributed by atoms with E-state index in [0.29, 0.717) is 5.69 Å². The first-order valence-corrected chi connectivity index (χ1v) is 12.5. The highest BCUT2D eigenvalue weighted by atomic mass is 19.1. The van der Waals surface area contributed by atoms with E-state index < -0.39 is 41.3 Å². The zero-order valence-corrected chi connectivity index (χ0v) is 19.9. The van der Waals surface area contributed by atoms with Crippen molar-refractivity contribution in [3.05, 3.63) is 72.1 Å². The van der Waals surface area contributed by atoms with E-state index in [1.807, 2.05) is 19.1 Å². The second kappa shape index (κ2) is 8.55. The van der Waals surface area contributed by atoms with Crippen LogP contribution in [0.5, 0.6) is 0 Å². The molecule has 5 atom stereocenters. The number of nitrogens with zero attached hydrogens (tertiary/aromatic N) is 1. The van der Waals surface area contributed by atoms with E-state index in [0.717, 1.165) is 31.2 Å². The van der Waals surface area contributed by atoms with Gasteiger partial charge in [-0.2, -0.15) is 0 Å². The second-order valence-corrected chi connectivity index (χ2v) is 10.2. The van der Waals surface area contributed by atoms with Crippen LogP contribution in [0, 0.1) is 24.6 Å². The van der Waals surface area contributed by atoms with Gasteiger partial charge in [0, 0.05) is 11.7 Å². The maximum atomic E-state index is 15.0. The van der Waals surface area contributed by atoms with E-state index in [-0.39, 0.29) is 23.5 Å². The molecule has 0 unspecified atom stereocenters. The summed E-state index contributed by atoms with van der Waals surface area (Å²) >= 11 is 0. The summed E-state index contributed by atoms with van der Waals surface area (Å²) in [6, 6.07) is 12.2. The van der Waals surface area contributed by atoms with Crippen molar-refractivity contribution in [1.82, 2.24) is 5.32 Å². The fourth-order valence-corrected chi connectivity index (χ4v) is 6.29. The van der Waals surface area contributed by atoms with Crippen LogP contribution in [-0.2, 0) is 19.1 Å². The lowest BCUT2D eigenvalue weighted by atomic mass is 9.74. The summed E-state index contributed by atoms with van der Waals surface area (Å²) < 4.78 is 21.3. The Balaban J connectivity index is 1.38. The van der Waals surface area contributed by atoms with Gasteiger partial charge in [-0.15, -0.1) is 0 Å². The molecular weight excluding hydrogens is 461 g/mol. The number of nitrogens with one attached hydrogen (secondary N) is 2. The number of halogens is 1. The minimum Gasteiger partial charge on any atom is -0.359 e. The molecule has 1 spiro atoms. The van der Waals surface area contributed by atoms with Gasteiger partial charge in [0.05, 0.1) is 23.6 Å². The quantitative estimate of drug-likeness (QED) is 0.630. The average Bonchev–Trinajstić information content (AvgIpc) is 3.63. The van der Waals surface area contributed by atoms with E-state index in [1.54, 1.807) is 30.4 Å². The summed E-state index contributed by atoms with van der Waals surface area (Å²) in [7, 11) is 0. The molecule has 4 aliphatic rings. The SMILES string of the molecule is Cc1ccc(NC(=O)[C@@H]2[C@H]3C(=O)N(c4ccccc4F)[C@H](C(=O)NC4CCCC4)[C@]34C=C[C@H]2O4)cc1. The zero-order valence-electron chi connectivity index (χ0n) is 19.9. The van der Waals surface area contributed by atoms with Crippen molar-refractivity contribution in [3.63, 3.8) is 0 Å². The molecule has 7 nitrogen and oxygen atoms in total. The number of hydrogen-bond donors (Lipinski definition) is 2. The minimum absolute atomic E-state index is 0.00809. The molecule has 2 saturated heterocycles. The van der Waals surface area contributed by atoms with Gasteiger partial charge in [0.15, 0.2) is 0 Å². The van der Waals surface area contributed by atoms with Gasteiger partial charge in [0.25, 0.3) is 0 Å². The highest BCUT2D eigenvalue weighted by molar-refractivity contribution is 6.11. The van der Waals surface area contributed by atoms with Gasteiger partial charge in [0.1, 0.15) is 17.5 Å². The van der Waals surface area contributed by atoms with Crippen LogP contribution in [0.4, 0.5) is 15.8 Å². The molecule has 186 valence electrons. The number of fused-ring (bicyclic) bond motifs is 1. The maximum Gasteiger partial charge on any atom is 0.246 e. The fourth-order valence-electron chi connectivity index (χ4n) is 6.29. The van der Waals surface area contributed by atoms with Gasteiger partial charge in [-0.3, -0.25) is 19.3 Å². The number of amides is 3. The molecule has 6 rings (SSSR count). The molecule has 2 aromatic rings. The van der Waals surface area contributed by atoms with E-state index >= 15 is 0 Å². The van der Waals surface area contributed by atoms with Crippen molar-refractivity contribution in [1.29, 1.82) is 0 Å². The maximum absolute atomic E-state index is 15.0. The number of hydrogen-bond acceptors (Lipinski definition) is 4. The number of para-hydroxylation sites is 1. The van der Waals surface area contributed by atoms with Crippen molar-refractivity contribution in [3.8, 4) is 0 Å². The predicted molar refractivity (Wildman–Crippen MR) is 132 cm³/mol. The van der Waals surface area contributed by atoms with Gasteiger partial charge in [0.2, 0.25) is 17.7 Å². The van der Waals surface area contributed by atoms with Crippen molar-refractivity contribution >= 4 is 29.1 Å². The summed E-state index contributed by atoms with van der Waals surface area (Å²) in [6.07, 6.45) is 6.62. The second-order valence-electron chi connectivity index (χ2n) is 10.2.